The van der Waals surface area contributed by atoms with Crippen LogP contribution < -0.4 is 0 Å². The van der Waals surface area contributed by atoms with Gasteiger partial charge >= 0.3 is 11.9 Å². The lowest BCUT2D eigenvalue weighted by atomic mass is 10.0. The Hall–Kier alpha value is -3.54. The number of esters is 2. The number of hydrogen-bond donors (Lipinski definition) is 1. The molecule has 3 heterocycles. The summed E-state index contributed by atoms with van der Waals surface area (Å²) >= 11 is 0. The van der Waals surface area contributed by atoms with Crippen molar-refractivity contribution in [2.45, 2.75) is 13.8 Å². The third-order valence-electron chi connectivity index (χ3n) is 4.69. The van der Waals surface area contributed by atoms with Crippen molar-refractivity contribution >= 4 is 28.5 Å². The average molecular weight is 377 g/mol. The second-order valence-electron chi connectivity index (χ2n) is 6.26. The summed E-state index contributed by atoms with van der Waals surface area (Å²) in [7, 11) is 0. The lowest BCUT2D eigenvalue weighted by molar-refractivity contribution is 0.0483. The van der Waals surface area contributed by atoms with E-state index in [9.17, 15) is 14.7 Å². The summed E-state index contributed by atoms with van der Waals surface area (Å²) in [6, 6.07) is 14.4. The summed E-state index contributed by atoms with van der Waals surface area (Å²) in [5.41, 5.74) is 2.91. The largest absolute Gasteiger partial charge is 0.505 e. The topological polar surface area (TPSA) is 77.2 Å². The molecule has 6 heteroatoms. The van der Waals surface area contributed by atoms with Gasteiger partial charge < -0.3 is 19.0 Å². The molecule has 0 radical (unpaired) electrons. The summed E-state index contributed by atoms with van der Waals surface area (Å²) in [5.74, 6) is -1.17. The highest BCUT2D eigenvalue weighted by Gasteiger charge is 2.33. The van der Waals surface area contributed by atoms with E-state index in [1.807, 2.05) is 30.3 Å². The molecule has 0 unspecified atom stereocenters. The number of hydrogen-bond acceptors (Lipinski definition) is 5. The first kappa shape index (κ1) is 17.9. The molecule has 142 valence electrons. The number of rotatable bonds is 5. The monoisotopic (exact) mass is 377 g/mol. The van der Waals surface area contributed by atoms with E-state index in [1.54, 1.807) is 36.4 Å². The minimum Gasteiger partial charge on any atom is -0.505 e. The first-order valence-electron chi connectivity index (χ1n) is 9.11. The quantitative estimate of drug-likeness (QED) is 0.526. The number of aromatic hydroxyl groups is 1. The predicted octanol–water partition coefficient (Wildman–Crippen LogP) is 4.26. The van der Waals surface area contributed by atoms with Crippen molar-refractivity contribution in [3.05, 3.63) is 59.7 Å². The highest BCUT2D eigenvalue weighted by Crippen LogP contribution is 2.45. The molecular formula is C22H19NO5. The van der Waals surface area contributed by atoms with Crippen molar-refractivity contribution in [1.82, 2.24) is 4.40 Å². The van der Waals surface area contributed by atoms with Crippen LogP contribution >= 0.6 is 0 Å². The lowest BCUT2D eigenvalue weighted by Gasteiger charge is -2.07. The zero-order valence-corrected chi connectivity index (χ0v) is 15.6. The molecule has 4 aromatic rings. The van der Waals surface area contributed by atoms with Gasteiger partial charge in [-0.25, -0.2) is 9.59 Å². The molecule has 6 nitrogen and oxygen atoms in total. The zero-order chi connectivity index (χ0) is 19.8. The second kappa shape index (κ2) is 6.88. The van der Waals surface area contributed by atoms with E-state index < -0.39 is 11.9 Å². The van der Waals surface area contributed by atoms with Crippen LogP contribution in [-0.4, -0.2) is 34.7 Å². The van der Waals surface area contributed by atoms with Crippen molar-refractivity contribution < 1.29 is 24.2 Å². The third-order valence-corrected chi connectivity index (χ3v) is 4.69. The van der Waals surface area contributed by atoms with Crippen molar-refractivity contribution in [2.75, 3.05) is 13.2 Å². The number of nitrogens with zero attached hydrogens (tertiary/aromatic N) is 1. The molecule has 4 rings (SSSR count). The van der Waals surface area contributed by atoms with E-state index >= 15 is 0 Å². The van der Waals surface area contributed by atoms with Gasteiger partial charge in [0.2, 0.25) is 0 Å². The first-order chi connectivity index (χ1) is 13.6. The van der Waals surface area contributed by atoms with Gasteiger partial charge in [-0.3, -0.25) is 0 Å². The maximum absolute atomic E-state index is 12.9. The van der Waals surface area contributed by atoms with Gasteiger partial charge in [-0.2, -0.15) is 0 Å². The number of benzene rings is 1. The van der Waals surface area contributed by atoms with Crippen LogP contribution in [0.3, 0.4) is 0 Å². The summed E-state index contributed by atoms with van der Waals surface area (Å²) in [4.78, 5) is 25.6. The van der Waals surface area contributed by atoms with E-state index in [1.165, 1.54) is 0 Å². The number of carbonyl (C=O) groups is 2. The van der Waals surface area contributed by atoms with Gasteiger partial charge in [0.25, 0.3) is 0 Å². The fourth-order valence-electron chi connectivity index (χ4n) is 3.66. The van der Waals surface area contributed by atoms with Crippen LogP contribution in [0.15, 0.2) is 48.5 Å². The van der Waals surface area contributed by atoms with Crippen molar-refractivity contribution in [3.8, 4) is 16.9 Å². The van der Waals surface area contributed by atoms with Crippen LogP contribution in [0.25, 0.3) is 27.7 Å². The molecule has 0 aliphatic carbocycles. The Morgan fingerprint density at radius 3 is 2.11 bits per heavy atom. The smallest absolute Gasteiger partial charge is 0.341 e. The van der Waals surface area contributed by atoms with E-state index in [2.05, 4.69) is 0 Å². The molecule has 0 bridgehead atoms. The Bertz CT molecular complexity index is 1180. The van der Waals surface area contributed by atoms with Crippen molar-refractivity contribution in [1.29, 1.82) is 0 Å². The van der Waals surface area contributed by atoms with Crippen LogP contribution in [0.1, 0.15) is 34.6 Å². The summed E-state index contributed by atoms with van der Waals surface area (Å²) < 4.78 is 12.2. The van der Waals surface area contributed by atoms with E-state index in [0.717, 1.165) is 5.56 Å². The molecule has 0 amide bonds. The minimum atomic E-state index is -0.627. The van der Waals surface area contributed by atoms with Gasteiger partial charge in [0.15, 0.2) is 0 Å². The standard InChI is InChI=1S/C22H19NO5/c1-3-27-21(25)17-14-11-8-12-15-20(24)16(13-9-6-5-7-10-13)19(23(14)15)18(17)22(26)28-4-2/h5-12,24H,3-4H2,1-2H3. The summed E-state index contributed by atoms with van der Waals surface area (Å²) in [6.45, 7) is 3.75. The molecule has 0 saturated heterocycles. The zero-order valence-electron chi connectivity index (χ0n) is 15.6. The fraction of sp³-hybridized carbons (Fsp3) is 0.182. The second-order valence-corrected chi connectivity index (χ2v) is 6.26. The molecule has 1 N–H and O–H groups in total. The van der Waals surface area contributed by atoms with Gasteiger partial charge in [0.1, 0.15) is 16.9 Å². The van der Waals surface area contributed by atoms with E-state index in [4.69, 9.17) is 9.47 Å². The molecule has 0 saturated carbocycles. The van der Waals surface area contributed by atoms with E-state index in [-0.39, 0.29) is 30.1 Å². The molecular weight excluding hydrogens is 358 g/mol. The highest BCUT2D eigenvalue weighted by atomic mass is 16.5. The summed E-state index contributed by atoms with van der Waals surface area (Å²) in [5, 5.41) is 10.9. The number of ether oxygens (including phenoxy) is 2. The highest BCUT2D eigenvalue weighted by molar-refractivity contribution is 6.18. The average Bonchev–Trinajstić information content (AvgIpc) is 3.19. The van der Waals surface area contributed by atoms with Crippen LogP contribution in [-0.2, 0) is 9.47 Å². The number of aromatic nitrogens is 1. The Kier molecular flexibility index (Phi) is 4.39. The normalized spacial score (nSPS) is 11.2. The maximum atomic E-state index is 12.9. The van der Waals surface area contributed by atoms with Crippen LogP contribution in [0.5, 0.6) is 5.75 Å². The Morgan fingerprint density at radius 2 is 1.46 bits per heavy atom. The van der Waals surface area contributed by atoms with Crippen molar-refractivity contribution in [2.24, 2.45) is 0 Å². The molecule has 1 aromatic carbocycles. The van der Waals surface area contributed by atoms with Gasteiger partial charge in [-0.1, -0.05) is 36.4 Å². The number of pyridine rings is 1. The Morgan fingerprint density at radius 1 is 0.857 bits per heavy atom. The minimum absolute atomic E-state index is 0.0488. The van der Waals surface area contributed by atoms with Gasteiger partial charge in [0.05, 0.1) is 35.3 Å². The van der Waals surface area contributed by atoms with Crippen molar-refractivity contribution in [3.63, 3.8) is 0 Å². The Labute approximate surface area is 161 Å². The first-order valence-corrected chi connectivity index (χ1v) is 9.11. The number of carbonyl (C=O) groups excluding carboxylic acids is 2. The fourth-order valence-corrected chi connectivity index (χ4v) is 3.66. The molecule has 28 heavy (non-hydrogen) atoms. The summed E-state index contributed by atoms with van der Waals surface area (Å²) in [6.07, 6.45) is 0. The molecule has 0 spiro atoms. The van der Waals surface area contributed by atoms with E-state index in [0.29, 0.717) is 22.1 Å². The molecule has 3 aromatic heterocycles. The molecule has 0 fully saturated rings. The SMILES string of the molecule is CCOC(=O)c1c(C(=O)OCC)c2c(-c3ccccc3)c(O)c3cccc1n32. The van der Waals surface area contributed by atoms with Crippen LogP contribution in [0.4, 0.5) is 0 Å². The third kappa shape index (κ3) is 2.49. The van der Waals surface area contributed by atoms with Crippen LogP contribution in [0.2, 0.25) is 0 Å². The predicted molar refractivity (Wildman–Crippen MR) is 105 cm³/mol. The lowest BCUT2D eigenvalue weighted by Crippen LogP contribution is -2.12. The Balaban J connectivity index is 2.18. The van der Waals surface area contributed by atoms with Gasteiger partial charge in [-0.15, -0.1) is 0 Å². The molecule has 0 aliphatic rings. The molecule has 0 aliphatic heterocycles. The molecule has 0 atom stereocenters. The maximum Gasteiger partial charge on any atom is 0.341 e. The van der Waals surface area contributed by atoms with Gasteiger partial charge in [0, 0.05) is 0 Å². The van der Waals surface area contributed by atoms with Gasteiger partial charge in [-0.05, 0) is 31.5 Å². The van der Waals surface area contributed by atoms with Crippen LogP contribution in [0, 0.1) is 0 Å².